The lowest BCUT2D eigenvalue weighted by Gasteiger charge is -2.20. The van der Waals surface area contributed by atoms with E-state index in [4.69, 9.17) is 0 Å². The second-order valence-corrected chi connectivity index (χ2v) is 4.95. The highest BCUT2D eigenvalue weighted by molar-refractivity contribution is 7.99. The van der Waals surface area contributed by atoms with Gasteiger partial charge in [-0.25, -0.2) is 4.68 Å². The number of hydrogen-bond acceptors (Lipinski definition) is 5. The summed E-state index contributed by atoms with van der Waals surface area (Å²) >= 11 is 5.95. The van der Waals surface area contributed by atoms with Crippen LogP contribution in [0.3, 0.4) is 0 Å². The molecule has 74 valence electrons. The van der Waals surface area contributed by atoms with Crippen molar-refractivity contribution in [3.63, 3.8) is 0 Å². The maximum absolute atomic E-state index is 4.29. The van der Waals surface area contributed by atoms with E-state index in [0.717, 1.165) is 16.7 Å². The van der Waals surface area contributed by atoms with Crippen LogP contribution in [0.25, 0.3) is 0 Å². The Bertz CT molecular complexity index is 271. The lowest BCUT2D eigenvalue weighted by molar-refractivity contribution is 0.492. The van der Waals surface area contributed by atoms with E-state index >= 15 is 0 Å². The van der Waals surface area contributed by atoms with E-state index in [-0.39, 0.29) is 5.41 Å². The SMILES string of the molecule is Cn1nnnc1SCC(C)(C)CS. The maximum atomic E-state index is 4.29. The van der Waals surface area contributed by atoms with Gasteiger partial charge in [0.1, 0.15) is 0 Å². The van der Waals surface area contributed by atoms with Crippen molar-refractivity contribution in [1.29, 1.82) is 0 Å². The molecule has 0 aliphatic carbocycles. The molecule has 0 aromatic carbocycles. The van der Waals surface area contributed by atoms with Crippen LogP contribution in [0.1, 0.15) is 13.8 Å². The summed E-state index contributed by atoms with van der Waals surface area (Å²) in [6.45, 7) is 4.35. The van der Waals surface area contributed by atoms with Gasteiger partial charge in [-0.3, -0.25) is 0 Å². The van der Waals surface area contributed by atoms with Gasteiger partial charge in [0.25, 0.3) is 0 Å². The summed E-state index contributed by atoms with van der Waals surface area (Å²) < 4.78 is 1.68. The van der Waals surface area contributed by atoms with E-state index in [1.165, 1.54) is 0 Å². The minimum Gasteiger partial charge on any atom is -0.224 e. The zero-order valence-corrected chi connectivity index (χ0v) is 9.77. The van der Waals surface area contributed by atoms with Crippen LogP contribution in [0.5, 0.6) is 0 Å². The summed E-state index contributed by atoms with van der Waals surface area (Å²) in [5, 5.41) is 12.1. The van der Waals surface area contributed by atoms with Gasteiger partial charge in [-0.2, -0.15) is 12.6 Å². The minimum atomic E-state index is 0.222. The summed E-state index contributed by atoms with van der Waals surface area (Å²) in [5.74, 6) is 1.84. The minimum absolute atomic E-state index is 0.222. The number of thioether (sulfide) groups is 1. The second-order valence-electron chi connectivity index (χ2n) is 3.70. The average molecular weight is 218 g/mol. The number of aromatic nitrogens is 4. The Kier molecular flexibility index (Phi) is 3.61. The molecule has 0 aliphatic rings. The summed E-state index contributed by atoms with van der Waals surface area (Å²) in [4.78, 5) is 0. The fourth-order valence-corrected chi connectivity index (χ4v) is 1.85. The Morgan fingerprint density at radius 3 is 2.69 bits per heavy atom. The second kappa shape index (κ2) is 4.32. The van der Waals surface area contributed by atoms with Crippen LogP contribution in [-0.2, 0) is 7.05 Å². The Morgan fingerprint density at radius 1 is 1.54 bits per heavy atom. The van der Waals surface area contributed by atoms with Gasteiger partial charge < -0.3 is 0 Å². The first-order valence-electron chi connectivity index (χ1n) is 4.01. The summed E-state index contributed by atoms with van der Waals surface area (Å²) in [6.07, 6.45) is 0. The number of hydrogen-bond donors (Lipinski definition) is 1. The normalized spacial score (nSPS) is 12.0. The third kappa shape index (κ3) is 3.19. The van der Waals surface area contributed by atoms with E-state index in [9.17, 15) is 0 Å². The van der Waals surface area contributed by atoms with Gasteiger partial charge in [-0.05, 0) is 21.6 Å². The fourth-order valence-electron chi connectivity index (χ4n) is 0.649. The molecule has 1 rings (SSSR count). The Balaban J connectivity index is 2.48. The van der Waals surface area contributed by atoms with Crippen LogP contribution in [0.4, 0.5) is 0 Å². The van der Waals surface area contributed by atoms with E-state index in [0.29, 0.717) is 0 Å². The largest absolute Gasteiger partial charge is 0.224 e. The molecule has 0 fully saturated rings. The first-order valence-corrected chi connectivity index (χ1v) is 5.63. The molecular weight excluding hydrogens is 204 g/mol. The zero-order valence-electron chi connectivity index (χ0n) is 8.06. The number of rotatable bonds is 4. The van der Waals surface area contributed by atoms with E-state index in [1.54, 1.807) is 16.4 Å². The number of thiol groups is 1. The van der Waals surface area contributed by atoms with Crippen molar-refractivity contribution in [2.24, 2.45) is 12.5 Å². The van der Waals surface area contributed by atoms with Crippen LogP contribution < -0.4 is 0 Å². The van der Waals surface area contributed by atoms with Crippen molar-refractivity contribution in [3.8, 4) is 0 Å². The van der Waals surface area contributed by atoms with E-state index in [1.807, 2.05) is 7.05 Å². The highest BCUT2D eigenvalue weighted by atomic mass is 32.2. The molecule has 0 saturated heterocycles. The Labute approximate surface area is 87.9 Å². The van der Waals surface area contributed by atoms with Gasteiger partial charge in [0.2, 0.25) is 5.16 Å². The summed E-state index contributed by atoms with van der Waals surface area (Å²) in [7, 11) is 1.84. The van der Waals surface area contributed by atoms with Gasteiger partial charge in [-0.1, -0.05) is 25.6 Å². The van der Waals surface area contributed by atoms with Gasteiger partial charge in [0.15, 0.2) is 0 Å². The van der Waals surface area contributed by atoms with Crippen molar-refractivity contribution < 1.29 is 0 Å². The van der Waals surface area contributed by atoms with Gasteiger partial charge >= 0.3 is 0 Å². The zero-order chi connectivity index (χ0) is 9.90. The molecule has 6 heteroatoms. The van der Waals surface area contributed by atoms with Gasteiger partial charge in [0, 0.05) is 12.8 Å². The molecule has 4 nitrogen and oxygen atoms in total. The quantitative estimate of drug-likeness (QED) is 0.610. The van der Waals surface area contributed by atoms with Crippen LogP contribution in [-0.4, -0.2) is 31.7 Å². The molecule has 0 atom stereocenters. The smallest absolute Gasteiger partial charge is 0.209 e. The van der Waals surface area contributed by atoms with Crippen molar-refractivity contribution in [2.45, 2.75) is 19.0 Å². The van der Waals surface area contributed by atoms with Crippen molar-refractivity contribution >= 4 is 24.4 Å². The lowest BCUT2D eigenvalue weighted by atomic mass is 10.0. The molecule has 0 spiro atoms. The average Bonchev–Trinajstić information content (AvgIpc) is 2.48. The molecule has 1 aromatic rings. The number of aryl methyl sites for hydroxylation is 1. The highest BCUT2D eigenvalue weighted by Gasteiger charge is 2.17. The summed E-state index contributed by atoms with van der Waals surface area (Å²) in [5.41, 5.74) is 0.222. The predicted octanol–water partition coefficient (Wildman–Crippen LogP) is 1.26. The molecule has 0 bridgehead atoms. The molecule has 1 aromatic heterocycles. The first-order chi connectivity index (χ1) is 6.05. The number of tetrazole rings is 1. The van der Waals surface area contributed by atoms with Gasteiger partial charge in [-0.15, -0.1) is 5.10 Å². The Morgan fingerprint density at radius 2 is 2.23 bits per heavy atom. The topological polar surface area (TPSA) is 43.6 Å². The molecule has 0 amide bonds. The third-order valence-corrected chi connectivity index (χ3v) is 3.99. The van der Waals surface area contributed by atoms with Crippen LogP contribution in [0.15, 0.2) is 5.16 Å². The van der Waals surface area contributed by atoms with Gasteiger partial charge in [0.05, 0.1) is 0 Å². The lowest BCUT2D eigenvalue weighted by Crippen LogP contribution is -2.16. The molecule has 1 heterocycles. The maximum Gasteiger partial charge on any atom is 0.209 e. The first kappa shape index (κ1) is 10.8. The Hall–Kier alpha value is -0.230. The third-order valence-electron chi connectivity index (χ3n) is 1.60. The summed E-state index contributed by atoms with van der Waals surface area (Å²) in [6, 6.07) is 0. The van der Waals surface area contributed by atoms with E-state index < -0.39 is 0 Å². The highest BCUT2D eigenvalue weighted by Crippen LogP contribution is 2.26. The molecule has 0 unspecified atom stereocenters. The van der Waals surface area contributed by atoms with Crippen LogP contribution >= 0.6 is 24.4 Å². The van der Waals surface area contributed by atoms with Crippen LogP contribution in [0, 0.1) is 5.41 Å². The molecule has 0 N–H and O–H groups in total. The molecule has 0 radical (unpaired) electrons. The monoisotopic (exact) mass is 218 g/mol. The van der Waals surface area contributed by atoms with Crippen molar-refractivity contribution in [3.05, 3.63) is 0 Å². The predicted molar refractivity (Wildman–Crippen MR) is 57.2 cm³/mol. The van der Waals surface area contributed by atoms with Crippen LogP contribution in [0.2, 0.25) is 0 Å². The molecule has 0 saturated carbocycles. The van der Waals surface area contributed by atoms with E-state index in [2.05, 4.69) is 42.0 Å². The fraction of sp³-hybridized carbons (Fsp3) is 0.857. The van der Waals surface area contributed by atoms with Crippen molar-refractivity contribution in [2.75, 3.05) is 11.5 Å². The van der Waals surface area contributed by atoms with Crippen molar-refractivity contribution in [1.82, 2.24) is 20.2 Å². The number of nitrogens with zero attached hydrogens (tertiary/aromatic N) is 4. The molecule has 0 aliphatic heterocycles. The molecular formula is C7H14N4S2. The molecule has 13 heavy (non-hydrogen) atoms. The standard InChI is InChI=1S/C7H14N4S2/c1-7(2,4-12)5-13-6-8-9-10-11(6)3/h12H,4-5H2,1-3H3.